The summed E-state index contributed by atoms with van der Waals surface area (Å²) in [5.41, 5.74) is 3.09. The van der Waals surface area contributed by atoms with Crippen molar-refractivity contribution in [3.8, 4) is 0 Å². The van der Waals surface area contributed by atoms with Crippen LogP contribution in [0.25, 0.3) is 0 Å². The molecule has 3 rings (SSSR count). The van der Waals surface area contributed by atoms with Crippen molar-refractivity contribution >= 4 is 11.9 Å². The first-order chi connectivity index (χ1) is 11.9. The number of carboxylic acid groups (broad SMARTS) is 1. The van der Waals surface area contributed by atoms with Crippen LogP contribution in [0.2, 0.25) is 0 Å². The van der Waals surface area contributed by atoms with E-state index in [1.165, 1.54) is 5.56 Å². The second kappa shape index (κ2) is 6.71. The van der Waals surface area contributed by atoms with Gasteiger partial charge in [0.25, 0.3) is 0 Å². The Morgan fingerprint density at radius 1 is 1.12 bits per heavy atom. The highest BCUT2D eigenvalue weighted by atomic mass is 16.4. The summed E-state index contributed by atoms with van der Waals surface area (Å²) in [6, 6.07) is 14.9. The molecule has 1 aliphatic rings. The molecule has 0 saturated heterocycles. The number of carboxylic acids is 1. The molecule has 1 unspecified atom stereocenters. The lowest BCUT2D eigenvalue weighted by molar-refractivity contribution is -0.136. The van der Waals surface area contributed by atoms with E-state index in [1.54, 1.807) is 29.2 Å². The van der Waals surface area contributed by atoms with Gasteiger partial charge in [0.05, 0.1) is 11.0 Å². The monoisotopic (exact) mass is 337 g/mol. The van der Waals surface area contributed by atoms with Crippen molar-refractivity contribution < 1.29 is 14.7 Å². The Morgan fingerprint density at radius 3 is 2.48 bits per heavy atom. The number of likely N-dealkylation sites (N-methyl/N-ethyl adjacent to an activating group) is 1. The van der Waals surface area contributed by atoms with E-state index < -0.39 is 11.4 Å². The molecule has 0 heterocycles. The summed E-state index contributed by atoms with van der Waals surface area (Å²) in [5, 5.41) is 8.98. The Bertz CT molecular complexity index is 797. The van der Waals surface area contributed by atoms with Crippen LogP contribution in [0, 0.1) is 0 Å². The van der Waals surface area contributed by atoms with Gasteiger partial charge in [0.2, 0.25) is 5.91 Å². The van der Waals surface area contributed by atoms with Crippen molar-refractivity contribution in [2.24, 2.45) is 0 Å². The molecule has 0 saturated carbocycles. The Labute approximate surface area is 148 Å². The average Bonchev–Trinajstić information content (AvgIpc) is 2.62. The molecule has 1 aliphatic carbocycles. The average molecular weight is 337 g/mol. The lowest BCUT2D eigenvalue weighted by Gasteiger charge is -2.37. The van der Waals surface area contributed by atoms with Crippen molar-refractivity contribution in [2.75, 3.05) is 7.05 Å². The van der Waals surface area contributed by atoms with Gasteiger partial charge < -0.3 is 10.0 Å². The molecular weight excluding hydrogens is 314 g/mol. The fourth-order valence-corrected chi connectivity index (χ4v) is 3.79. The van der Waals surface area contributed by atoms with Gasteiger partial charge in [0.1, 0.15) is 0 Å². The van der Waals surface area contributed by atoms with Gasteiger partial charge in [0, 0.05) is 13.6 Å². The van der Waals surface area contributed by atoms with E-state index in [4.69, 9.17) is 5.11 Å². The summed E-state index contributed by atoms with van der Waals surface area (Å²) in [6.45, 7) is 2.51. The zero-order valence-electron chi connectivity index (χ0n) is 14.7. The largest absolute Gasteiger partial charge is 0.478 e. The first-order valence-electron chi connectivity index (χ1n) is 8.58. The van der Waals surface area contributed by atoms with E-state index in [9.17, 15) is 9.59 Å². The van der Waals surface area contributed by atoms with Gasteiger partial charge >= 0.3 is 5.97 Å². The quantitative estimate of drug-likeness (QED) is 0.927. The number of hydrogen-bond donors (Lipinski definition) is 1. The van der Waals surface area contributed by atoms with Crippen molar-refractivity contribution in [1.29, 1.82) is 0 Å². The standard InChI is InChI=1S/C21H23NO3/c1-21(13-5-7-16-6-3-4-8-18(16)21)20(25)22(2)14-15-9-11-17(12-10-15)19(23)24/h3-4,6,8-12H,5,7,13-14H2,1-2H3,(H,23,24). The van der Waals surface area contributed by atoms with Gasteiger partial charge in [-0.25, -0.2) is 4.79 Å². The predicted octanol–water partition coefficient (Wildman–Crippen LogP) is 3.64. The first kappa shape index (κ1) is 17.2. The van der Waals surface area contributed by atoms with Crippen LogP contribution in [0.5, 0.6) is 0 Å². The second-order valence-electron chi connectivity index (χ2n) is 7.01. The van der Waals surface area contributed by atoms with Gasteiger partial charge in [-0.15, -0.1) is 0 Å². The van der Waals surface area contributed by atoms with Gasteiger partial charge in [-0.05, 0) is 55.0 Å². The molecule has 1 amide bonds. The summed E-state index contributed by atoms with van der Waals surface area (Å²) in [6.07, 6.45) is 2.89. The van der Waals surface area contributed by atoms with Gasteiger partial charge in [-0.3, -0.25) is 4.79 Å². The highest BCUT2D eigenvalue weighted by Crippen LogP contribution is 2.38. The summed E-state index contributed by atoms with van der Waals surface area (Å²) in [7, 11) is 1.82. The zero-order valence-corrected chi connectivity index (χ0v) is 14.7. The molecule has 0 spiro atoms. The Balaban J connectivity index is 1.79. The van der Waals surface area contributed by atoms with Gasteiger partial charge in [-0.1, -0.05) is 36.4 Å². The van der Waals surface area contributed by atoms with E-state index in [2.05, 4.69) is 12.1 Å². The minimum absolute atomic E-state index is 0.113. The Morgan fingerprint density at radius 2 is 1.80 bits per heavy atom. The summed E-state index contributed by atoms with van der Waals surface area (Å²) in [4.78, 5) is 25.9. The summed E-state index contributed by atoms with van der Waals surface area (Å²) >= 11 is 0. The predicted molar refractivity (Wildman–Crippen MR) is 96.6 cm³/mol. The molecule has 0 aliphatic heterocycles. The van der Waals surface area contributed by atoms with Crippen molar-refractivity contribution in [3.63, 3.8) is 0 Å². The van der Waals surface area contributed by atoms with E-state index in [-0.39, 0.29) is 11.5 Å². The Hall–Kier alpha value is -2.62. The number of hydrogen-bond acceptors (Lipinski definition) is 2. The SMILES string of the molecule is CN(Cc1ccc(C(=O)O)cc1)C(=O)C1(C)CCCc2ccccc21. The molecule has 0 aromatic heterocycles. The summed E-state index contributed by atoms with van der Waals surface area (Å²) in [5.74, 6) is -0.829. The summed E-state index contributed by atoms with van der Waals surface area (Å²) < 4.78 is 0. The number of rotatable bonds is 4. The Kier molecular flexibility index (Phi) is 4.62. The molecule has 1 atom stereocenters. The molecule has 25 heavy (non-hydrogen) atoms. The zero-order chi connectivity index (χ0) is 18.0. The number of carbonyl (C=O) groups excluding carboxylic acids is 1. The van der Waals surface area contributed by atoms with Crippen molar-refractivity contribution in [1.82, 2.24) is 4.90 Å². The molecule has 0 bridgehead atoms. The second-order valence-corrected chi connectivity index (χ2v) is 7.01. The fourth-order valence-electron chi connectivity index (χ4n) is 3.79. The molecule has 1 N–H and O–H groups in total. The van der Waals surface area contributed by atoms with E-state index >= 15 is 0 Å². The number of aryl methyl sites for hydroxylation is 1. The first-order valence-corrected chi connectivity index (χ1v) is 8.58. The number of fused-ring (bicyclic) bond motifs is 1. The topological polar surface area (TPSA) is 57.6 Å². The van der Waals surface area contributed by atoms with Crippen LogP contribution < -0.4 is 0 Å². The van der Waals surface area contributed by atoms with Gasteiger partial charge in [-0.2, -0.15) is 0 Å². The number of aromatic carboxylic acids is 1. The lowest BCUT2D eigenvalue weighted by Crippen LogP contribution is -2.45. The molecule has 0 radical (unpaired) electrons. The molecule has 0 fully saturated rings. The van der Waals surface area contributed by atoms with Crippen LogP contribution in [0.15, 0.2) is 48.5 Å². The van der Waals surface area contributed by atoms with Gasteiger partial charge in [0.15, 0.2) is 0 Å². The smallest absolute Gasteiger partial charge is 0.335 e. The normalized spacial score (nSPS) is 19.1. The fraction of sp³-hybridized carbons (Fsp3) is 0.333. The molecule has 4 heteroatoms. The molecule has 130 valence electrons. The van der Waals surface area contributed by atoms with Crippen LogP contribution in [0.4, 0.5) is 0 Å². The number of carbonyl (C=O) groups is 2. The van der Waals surface area contributed by atoms with E-state index in [0.29, 0.717) is 6.54 Å². The number of amides is 1. The highest BCUT2D eigenvalue weighted by molar-refractivity contribution is 5.89. The third kappa shape index (κ3) is 3.29. The van der Waals surface area contributed by atoms with Crippen LogP contribution in [-0.2, 0) is 23.2 Å². The number of benzene rings is 2. The van der Waals surface area contributed by atoms with E-state index in [0.717, 1.165) is 30.4 Å². The highest BCUT2D eigenvalue weighted by Gasteiger charge is 2.40. The minimum Gasteiger partial charge on any atom is -0.478 e. The number of nitrogens with zero attached hydrogens (tertiary/aromatic N) is 1. The minimum atomic E-state index is -0.942. The van der Waals surface area contributed by atoms with Crippen molar-refractivity contribution in [2.45, 2.75) is 38.1 Å². The molecule has 4 nitrogen and oxygen atoms in total. The lowest BCUT2D eigenvalue weighted by atomic mass is 9.70. The maximum absolute atomic E-state index is 13.2. The molecular formula is C21H23NO3. The van der Waals surface area contributed by atoms with Crippen LogP contribution >= 0.6 is 0 Å². The molecule has 2 aromatic carbocycles. The van der Waals surface area contributed by atoms with Crippen LogP contribution in [0.3, 0.4) is 0 Å². The van der Waals surface area contributed by atoms with Crippen LogP contribution in [-0.4, -0.2) is 28.9 Å². The maximum Gasteiger partial charge on any atom is 0.335 e. The third-order valence-corrected chi connectivity index (χ3v) is 5.17. The van der Waals surface area contributed by atoms with E-state index in [1.807, 2.05) is 26.1 Å². The molecule has 2 aromatic rings. The van der Waals surface area contributed by atoms with Crippen LogP contribution in [0.1, 0.15) is 46.8 Å². The third-order valence-electron chi connectivity index (χ3n) is 5.17. The van der Waals surface area contributed by atoms with Crippen molar-refractivity contribution in [3.05, 3.63) is 70.8 Å². The maximum atomic E-state index is 13.2.